The largest absolute Gasteiger partial charge is 0.319 e. The van der Waals surface area contributed by atoms with E-state index in [1.807, 2.05) is 38.2 Å². The molecule has 0 saturated carbocycles. The van der Waals surface area contributed by atoms with Gasteiger partial charge in [0.1, 0.15) is 0 Å². The normalized spacial score (nSPS) is 10.5. The second-order valence-corrected chi connectivity index (χ2v) is 3.50. The van der Waals surface area contributed by atoms with E-state index in [9.17, 15) is 0 Å². The van der Waals surface area contributed by atoms with Gasteiger partial charge in [-0.2, -0.15) is 5.26 Å². The van der Waals surface area contributed by atoms with Gasteiger partial charge < -0.3 is 5.32 Å². The van der Waals surface area contributed by atoms with Crippen LogP contribution >= 0.6 is 0 Å². The van der Waals surface area contributed by atoms with Crippen LogP contribution in [0, 0.1) is 18.3 Å². The Kier molecular flexibility index (Phi) is 4.59. The van der Waals surface area contributed by atoms with E-state index in [1.165, 1.54) is 5.56 Å². The zero-order valence-corrected chi connectivity index (χ0v) is 9.25. The fourth-order valence-electron chi connectivity index (χ4n) is 1.36. The maximum absolute atomic E-state index is 8.92. The molecule has 1 aromatic rings. The molecular weight excluding hydrogens is 184 g/mol. The molecule has 0 spiro atoms. The van der Waals surface area contributed by atoms with Crippen LogP contribution in [0.3, 0.4) is 0 Å². The van der Waals surface area contributed by atoms with Crippen LogP contribution in [0.1, 0.15) is 23.1 Å². The molecule has 0 saturated heterocycles. The van der Waals surface area contributed by atoms with E-state index in [0.29, 0.717) is 0 Å². The summed E-state index contributed by atoms with van der Waals surface area (Å²) in [6.07, 6.45) is 5.09. The van der Waals surface area contributed by atoms with Crippen LogP contribution in [0.4, 0.5) is 0 Å². The van der Waals surface area contributed by atoms with Gasteiger partial charge in [0, 0.05) is 0 Å². The third kappa shape index (κ3) is 3.57. The van der Waals surface area contributed by atoms with E-state index in [1.54, 1.807) is 0 Å². The zero-order chi connectivity index (χ0) is 11.1. The molecule has 15 heavy (non-hydrogen) atoms. The minimum absolute atomic E-state index is 0.737. The lowest BCUT2D eigenvalue weighted by molar-refractivity contribution is 0.809. The van der Waals surface area contributed by atoms with Crippen molar-refractivity contribution in [1.82, 2.24) is 5.32 Å². The molecule has 1 N–H and O–H groups in total. The Bertz CT molecular complexity index is 386. The Labute approximate surface area is 91.2 Å². The van der Waals surface area contributed by atoms with Gasteiger partial charge >= 0.3 is 0 Å². The van der Waals surface area contributed by atoms with Crippen molar-refractivity contribution in [3.05, 3.63) is 41.0 Å². The monoisotopic (exact) mass is 200 g/mol. The summed E-state index contributed by atoms with van der Waals surface area (Å²) in [7, 11) is 1.93. The molecule has 0 aliphatic carbocycles. The van der Waals surface area contributed by atoms with Gasteiger partial charge in [-0.15, -0.1) is 0 Å². The second kappa shape index (κ2) is 6.00. The van der Waals surface area contributed by atoms with E-state index in [4.69, 9.17) is 5.26 Å². The quantitative estimate of drug-likeness (QED) is 0.758. The highest BCUT2D eigenvalue weighted by atomic mass is 14.8. The number of rotatable bonds is 4. The van der Waals surface area contributed by atoms with Crippen LogP contribution < -0.4 is 5.32 Å². The number of benzene rings is 1. The lowest BCUT2D eigenvalue weighted by atomic mass is 10.0. The van der Waals surface area contributed by atoms with Gasteiger partial charge in [0.25, 0.3) is 0 Å². The van der Waals surface area contributed by atoms with Crippen LogP contribution in [-0.2, 0) is 0 Å². The van der Waals surface area contributed by atoms with E-state index < -0.39 is 0 Å². The summed E-state index contributed by atoms with van der Waals surface area (Å²) in [6.45, 7) is 3.00. The molecule has 0 atom stereocenters. The molecule has 0 aliphatic rings. The SMILES string of the molecule is CNCCC=Cc1cc(C)ccc1C#N. The molecule has 0 amide bonds. The average molecular weight is 200 g/mol. The standard InChI is InChI=1S/C13H16N2/c1-11-6-7-13(10-14)12(9-11)5-3-4-8-15-2/h3,5-7,9,15H,4,8H2,1-2H3. The van der Waals surface area contributed by atoms with Crippen molar-refractivity contribution in [2.45, 2.75) is 13.3 Å². The Hall–Kier alpha value is -1.59. The lowest BCUT2D eigenvalue weighted by Crippen LogP contribution is -2.05. The van der Waals surface area contributed by atoms with Crippen LogP contribution in [-0.4, -0.2) is 13.6 Å². The van der Waals surface area contributed by atoms with Gasteiger partial charge in [-0.05, 0) is 38.6 Å². The summed E-state index contributed by atoms with van der Waals surface area (Å²) in [5.74, 6) is 0. The molecule has 0 bridgehead atoms. The number of nitriles is 1. The van der Waals surface area contributed by atoms with Gasteiger partial charge in [-0.25, -0.2) is 0 Å². The third-order valence-corrected chi connectivity index (χ3v) is 2.19. The molecule has 0 aliphatic heterocycles. The van der Waals surface area contributed by atoms with Crippen molar-refractivity contribution in [2.75, 3.05) is 13.6 Å². The van der Waals surface area contributed by atoms with E-state index in [-0.39, 0.29) is 0 Å². The highest BCUT2D eigenvalue weighted by Crippen LogP contribution is 2.12. The summed E-state index contributed by atoms with van der Waals surface area (Å²) < 4.78 is 0. The van der Waals surface area contributed by atoms with E-state index in [2.05, 4.69) is 17.5 Å². The Balaban J connectivity index is 2.79. The molecular formula is C13H16N2. The fraction of sp³-hybridized carbons (Fsp3) is 0.308. The Morgan fingerprint density at radius 1 is 1.47 bits per heavy atom. The summed E-state index contributed by atoms with van der Waals surface area (Å²) in [5, 5.41) is 12.0. The molecule has 0 unspecified atom stereocenters. The van der Waals surface area contributed by atoms with E-state index >= 15 is 0 Å². The topological polar surface area (TPSA) is 35.8 Å². The van der Waals surface area contributed by atoms with Crippen LogP contribution in [0.2, 0.25) is 0 Å². The molecule has 2 heteroatoms. The molecule has 0 radical (unpaired) electrons. The number of nitrogens with one attached hydrogen (secondary N) is 1. The van der Waals surface area contributed by atoms with Crippen molar-refractivity contribution in [3.63, 3.8) is 0 Å². The number of nitrogens with zero attached hydrogens (tertiary/aromatic N) is 1. The summed E-state index contributed by atoms with van der Waals surface area (Å²) >= 11 is 0. The zero-order valence-electron chi connectivity index (χ0n) is 9.25. The molecule has 1 aromatic carbocycles. The van der Waals surface area contributed by atoms with Gasteiger partial charge in [-0.1, -0.05) is 29.8 Å². The summed E-state index contributed by atoms with van der Waals surface area (Å²) in [4.78, 5) is 0. The lowest BCUT2D eigenvalue weighted by Gasteiger charge is -1.99. The first-order chi connectivity index (χ1) is 7.27. The predicted octanol–water partition coefficient (Wildman–Crippen LogP) is 2.49. The number of hydrogen-bond acceptors (Lipinski definition) is 2. The van der Waals surface area contributed by atoms with Crippen molar-refractivity contribution in [3.8, 4) is 6.07 Å². The third-order valence-electron chi connectivity index (χ3n) is 2.19. The second-order valence-electron chi connectivity index (χ2n) is 3.50. The molecule has 1 rings (SSSR count). The Morgan fingerprint density at radius 3 is 2.93 bits per heavy atom. The molecule has 78 valence electrons. The minimum Gasteiger partial charge on any atom is -0.319 e. The first-order valence-electron chi connectivity index (χ1n) is 5.10. The number of hydrogen-bond donors (Lipinski definition) is 1. The van der Waals surface area contributed by atoms with Crippen LogP contribution in [0.5, 0.6) is 0 Å². The van der Waals surface area contributed by atoms with Crippen molar-refractivity contribution in [2.24, 2.45) is 0 Å². The first-order valence-corrected chi connectivity index (χ1v) is 5.10. The summed E-state index contributed by atoms with van der Waals surface area (Å²) in [5.41, 5.74) is 2.93. The molecule has 0 heterocycles. The highest BCUT2D eigenvalue weighted by molar-refractivity contribution is 5.58. The maximum atomic E-state index is 8.92. The predicted molar refractivity (Wildman–Crippen MR) is 63.5 cm³/mol. The van der Waals surface area contributed by atoms with Crippen molar-refractivity contribution < 1.29 is 0 Å². The minimum atomic E-state index is 0.737. The summed E-state index contributed by atoms with van der Waals surface area (Å²) in [6, 6.07) is 8.06. The molecule has 0 aromatic heterocycles. The smallest absolute Gasteiger partial charge is 0.0997 e. The molecule has 2 nitrogen and oxygen atoms in total. The van der Waals surface area contributed by atoms with Gasteiger partial charge in [0.05, 0.1) is 11.6 Å². The van der Waals surface area contributed by atoms with Crippen molar-refractivity contribution in [1.29, 1.82) is 5.26 Å². The van der Waals surface area contributed by atoms with Gasteiger partial charge in [0.2, 0.25) is 0 Å². The Morgan fingerprint density at radius 2 is 2.27 bits per heavy atom. The average Bonchev–Trinajstić information content (AvgIpc) is 2.25. The number of aryl methyl sites for hydroxylation is 1. The fourth-order valence-corrected chi connectivity index (χ4v) is 1.36. The molecule has 0 fully saturated rings. The van der Waals surface area contributed by atoms with Gasteiger partial charge in [0.15, 0.2) is 0 Å². The van der Waals surface area contributed by atoms with Crippen LogP contribution in [0.25, 0.3) is 6.08 Å². The highest BCUT2D eigenvalue weighted by Gasteiger charge is 1.97. The van der Waals surface area contributed by atoms with Gasteiger partial charge in [-0.3, -0.25) is 0 Å². The van der Waals surface area contributed by atoms with Crippen LogP contribution in [0.15, 0.2) is 24.3 Å². The first kappa shape index (κ1) is 11.5. The maximum Gasteiger partial charge on any atom is 0.0997 e. The van der Waals surface area contributed by atoms with E-state index in [0.717, 1.165) is 24.1 Å². The van der Waals surface area contributed by atoms with Crippen molar-refractivity contribution >= 4 is 6.08 Å².